The number of carbonyl (C=O) groups excluding carboxylic acids is 2. The molecule has 0 aliphatic carbocycles. The van der Waals surface area contributed by atoms with E-state index < -0.39 is 0 Å². The van der Waals surface area contributed by atoms with Crippen molar-refractivity contribution in [3.05, 3.63) is 54.4 Å². The zero-order valence-corrected chi connectivity index (χ0v) is 15.2. The van der Waals surface area contributed by atoms with Crippen LogP contribution in [0.2, 0.25) is 0 Å². The summed E-state index contributed by atoms with van der Waals surface area (Å²) in [5.41, 5.74) is 3.48. The maximum Gasteiger partial charge on any atom is 0.245 e. The Morgan fingerprint density at radius 3 is 2.77 bits per heavy atom. The Bertz CT molecular complexity index is 840. The molecule has 0 radical (unpaired) electrons. The minimum atomic E-state index is -0.221. The molecule has 0 bridgehead atoms. The van der Waals surface area contributed by atoms with Crippen molar-refractivity contribution in [1.29, 1.82) is 0 Å². The van der Waals surface area contributed by atoms with Crippen LogP contribution < -0.4 is 5.32 Å². The number of aromatic nitrogens is 2. The largest absolute Gasteiger partial charge is 0.338 e. The lowest BCUT2D eigenvalue weighted by Gasteiger charge is -2.31. The summed E-state index contributed by atoms with van der Waals surface area (Å²) < 4.78 is 1.83. The lowest BCUT2D eigenvalue weighted by Crippen LogP contribution is -2.43. The SMILES string of the molecule is C=CC(=O)N1CCCC(C(=O)Nc2ccccc2-n2nc(C)cc2C)C1. The molecule has 3 rings (SSSR count). The highest BCUT2D eigenvalue weighted by atomic mass is 16.2. The standard InChI is InChI=1S/C20H24N4O2/c1-4-19(25)23-11-7-8-16(13-23)20(26)21-17-9-5-6-10-18(17)24-15(3)12-14(2)22-24/h4-6,9-10,12,16H,1,7-8,11,13H2,2-3H3,(H,21,26). The van der Waals surface area contributed by atoms with Crippen LogP contribution in [0.4, 0.5) is 5.69 Å². The Kier molecular flexibility index (Phi) is 5.21. The summed E-state index contributed by atoms with van der Waals surface area (Å²) in [6.07, 6.45) is 2.89. The summed E-state index contributed by atoms with van der Waals surface area (Å²) in [5, 5.41) is 7.54. The first-order valence-electron chi connectivity index (χ1n) is 8.84. The van der Waals surface area contributed by atoms with E-state index in [0.717, 1.165) is 35.6 Å². The van der Waals surface area contributed by atoms with Gasteiger partial charge in [0.2, 0.25) is 11.8 Å². The third-order valence-electron chi connectivity index (χ3n) is 4.68. The molecule has 1 aliphatic heterocycles. The van der Waals surface area contributed by atoms with Gasteiger partial charge in [0.25, 0.3) is 0 Å². The van der Waals surface area contributed by atoms with E-state index in [4.69, 9.17) is 0 Å². The molecule has 1 unspecified atom stereocenters. The van der Waals surface area contributed by atoms with Gasteiger partial charge >= 0.3 is 0 Å². The molecule has 136 valence electrons. The second kappa shape index (κ2) is 7.56. The smallest absolute Gasteiger partial charge is 0.245 e. The average Bonchev–Trinajstić information content (AvgIpc) is 2.99. The van der Waals surface area contributed by atoms with Crippen LogP contribution in [0.25, 0.3) is 5.69 Å². The van der Waals surface area contributed by atoms with Crippen LogP contribution in [0.5, 0.6) is 0 Å². The summed E-state index contributed by atoms with van der Waals surface area (Å²) in [6.45, 7) is 8.56. The van der Waals surface area contributed by atoms with Gasteiger partial charge in [0.15, 0.2) is 0 Å². The van der Waals surface area contributed by atoms with Gasteiger partial charge in [-0.15, -0.1) is 0 Å². The zero-order valence-electron chi connectivity index (χ0n) is 15.2. The van der Waals surface area contributed by atoms with Gasteiger partial charge in [-0.05, 0) is 51.0 Å². The topological polar surface area (TPSA) is 67.2 Å². The minimum Gasteiger partial charge on any atom is -0.338 e. The van der Waals surface area contributed by atoms with Crippen LogP contribution in [0, 0.1) is 19.8 Å². The highest BCUT2D eigenvalue weighted by molar-refractivity contribution is 5.95. The third-order valence-corrected chi connectivity index (χ3v) is 4.68. The highest BCUT2D eigenvalue weighted by Crippen LogP contribution is 2.24. The Morgan fingerprint density at radius 1 is 1.31 bits per heavy atom. The highest BCUT2D eigenvalue weighted by Gasteiger charge is 2.28. The van der Waals surface area contributed by atoms with Crippen LogP contribution in [0.1, 0.15) is 24.2 Å². The Labute approximate surface area is 153 Å². The van der Waals surface area contributed by atoms with Crippen molar-refractivity contribution in [1.82, 2.24) is 14.7 Å². The van der Waals surface area contributed by atoms with Crippen LogP contribution in [-0.4, -0.2) is 39.6 Å². The molecule has 1 aromatic carbocycles. The van der Waals surface area contributed by atoms with Gasteiger partial charge in [-0.1, -0.05) is 18.7 Å². The van der Waals surface area contributed by atoms with Crippen LogP contribution >= 0.6 is 0 Å². The molecule has 1 fully saturated rings. The van der Waals surface area contributed by atoms with Crippen molar-refractivity contribution in [2.45, 2.75) is 26.7 Å². The van der Waals surface area contributed by atoms with E-state index in [-0.39, 0.29) is 17.7 Å². The van der Waals surface area contributed by atoms with Gasteiger partial charge in [-0.3, -0.25) is 9.59 Å². The summed E-state index contributed by atoms with van der Waals surface area (Å²) >= 11 is 0. The third kappa shape index (κ3) is 3.69. The molecule has 1 N–H and O–H groups in total. The first-order chi connectivity index (χ1) is 12.5. The molecule has 6 heteroatoms. The van der Waals surface area contributed by atoms with E-state index in [9.17, 15) is 9.59 Å². The van der Waals surface area contributed by atoms with E-state index in [0.29, 0.717) is 13.1 Å². The molecule has 0 saturated carbocycles. The molecular formula is C20H24N4O2. The normalized spacial score (nSPS) is 17.0. The van der Waals surface area contributed by atoms with Crippen molar-refractivity contribution in [2.75, 3.05) is 18.4 Å². The van der Waals surface area contributed by atoms with E-state index in [1.807, 2.05) is 48.9 Å². The number of aryl methyl sites for hydroxylation is 2. The predicted molar refractivity (Wildman–Crippen MR) is 101 cm³/mol. The molecule has 0 spiro atoms. The minimum absolute atomic E-state index is 0.0689. The number of hydrogen-bond donors (Lipinski definition) is 1. The molecule has 2 aromatic rings. The Hall–Kier alpha value is -2.89. The fourth-order valence-corrected chi connectivity index (χ4v) is 3.39. The second-order valence-corrected chi connectivity index (χ2v) is 6.67. The fraction of sp³-hybridized carbons (Fsp3) is 0.350. The van der Waals surface area contributed by atoms with E-state index in [2.05, 4.69) is 17.0 Å². The van der Waals surface area contributed by atoms with Crippen molar-refractivity contribution >= 4 is 17.5 Å². The summed E-state index contributed by atoms with van der Waals surface area (Å²) in [4.78, 5) is 26.3. The number of amides is 2. The van der Waals surface area contributed by atoms with Gasteiger partial charge in [0.05, 0.1) is 23.0 Å². The van der Waals surface area contributed by atoms with Gasteiger partial charge in [-0.2, -0.15) is 5.10 Å². The lowest BCUT2D eigenvalue weighted by molar-refractivity contribution is -0.130. The number of rotatable bonds is 4. The molecule has 6 nitrogen and oxygen atoms in total. The maximum atomic E-state index is 12.8. The first-order valence-corrected chi connectivity index (χ1v) is 8.84. The number of benzene rings is 1. The number of likely N-dealkylation sites (tertiary alicyclic amines) is 1. The van der Waals surface area contributed by atoms with Crippen LogP contribution in [0.15, 0.2) is 43.0 Å². The van der Waals surface area contributed by atoms with Crippen LogP contribution in [-0.2, 0) is 9.59 Å². The molecule has 26 heavy (non-hydrogen) atoms. The number of hydrogen-bond acceptors (Lipinski definition) is 3. The number of carbonyl (C=O) groups is 2. The van der Waals surface area contributed by atoms with Crippen molar-refractivity contribution < 1.29 is 9.59 Å². The van der Waals surface area contributed by atoms with E-state index in [1.165, 1.54) is 6.08 Å². The van der Waals surface area contributed by atoms with Crippen molar-refractivity contribution in [3.63, 3.8) is 0 Å². The average molecular weight is 352 g/mol. The number of piperidine rings is 1. The number of nitrogens with one attached hydrogen (secondary N) is 1. The monoisotopic (exact) mass is 352 g/mol. The molecule has 1 aromatic heterocycles. The summed E-state index contributed by atoms with van der Waals surface area (Å²) in [5.74, 6) is -0.410. The zero-order chi connectivity index (χ0) is 18.7. The second-order valence-electron chi connectivity index (χ2n) is 6.67. The molecule has 2 amide bonds. The first kappa shape index (κ1) is 17.9. The molecule has 1 saturated heterocycles. The van der Waals surface area contributed by atoms with Gasteiger partial charge in [0.1, 0.15) is 0 Å². The van der Waals surface area contributed by atoms with Gasteiger partial charge in [0, 0.05) is 18.8 Å². The number of para-hydroxylation sites is 2. The number of anilines is 1. The lowest BCUT2D eigenvalue weighted by atomic mass is 9.97. The molecule has 1 aliphatic rings. The maximum absolute atomic E-state index is 12.8. The molecule has 2 heterocycles. The van der Waals surface area contributed by atoms with Gasteiger partial charge < -0.3 is 10.2 Å². The fourth-order valence-electron chi connectivity index (χ4n) is 3.39. The van der Waals surface area contributed by atoms with Crippen molar-refractivity contribution in [2.24, 2.45) is 5.92 Å². The van der Waals surface area contributed by atoms with E-state index in [1.54, 1.807) is 4.90 Å². The summed E-state index contributed by atoms with van der Waals surface area (Å²) in [6, 6.07) is 9.62. The molecule has 1 atom stereocenters. The van der Waals surface area contributed by atoms with Crippen LogP contribution in [0.3, 0.4) is 0 Å². The van der Waals surface area contributed by atoms with E-state index >= 15 is 0 Å². The van der Waals surface area contributed by atoms with Gasteiger partial charge in [-0.25, -0.2) is 4.68 Å². The quantitative estimate of drug-likeness (QED) is 0.861. The molecular weight excluding hydrogens is 328 g/mol. The number of nitrogens with zero attached hydrogens (tertiary/aromatic N) is 3. The van der Waals surface area contributed by atoms with Crippen molar-refractivity contribution in [3.8, 4) is 5.69 Å². The predicted octanol–water partition coefficient (Wildman–Crippen LogP) is 2.85. The Morgan fingerprint density at radius 2 is 2.08 bits per heavy atom. The Balaban J connectivity index is 1.79. The summed E-state index contributed by atoms with van der Waals surface area (Å²) in [7, 11) is 0.